The number of benzene rings is 3. The summed E-state index contributed by atoms with van der Waals surface area (Å²) in [5.74, 6) is 1.93. The van der Waals surface area contributed by atoms with Crippen LogP contribution in [0.15, 0.2) is 84.9 Å². The van der Waals surface area contributed by atoms with E-state index >= 15 is 0 Å². The highest BCUT2D eigenvalue weighted by Gasteiger charge is 2.41. The van der Waals surface area contributed by atoms with Crippen molar-refractivity contribution in [1.29, 1.82) is 0 Å². The monoisotopic (exact) mass is 406 g/mol. The molecule has 3 heterocycles. The lowest BCUT2D eigenvalue weighted by Crippen LogP contribution is -2.53. The van der Waals surface area contributed by atoms with E-state index in [9.17, 15) is 0 Å². The van der Waals surface area contributed by atoms with Crippen LogP contribution >= 0.6 is 0 Å². The predicted molar refractivity (Wildman–Crippen MR) is 126 cm³/mol. The molecule has 0 N–H and O–H groups in total. The van der Waals surface area contributed by atoms with Crippen molar-refractivity contribution in [1.82, 2.24) is 14.9 Å². The Balaban J connectivity index is 1.36. The number of rotatable bonds is 4. The molecule has 2 atom stereocenters. The molecule has 2 aliphatic rings. The van der Waals surface area contributed by atoms with E-state index in [0.29, 0.717) is 12.1 Å². The molecule has 2 aliphatic heterocycles. The smallest absolute Gasteiger partial charge is 0.162 e. The lowest BCUT2D eigenvalue weighted by molar-refractivity contribution is 0.211. The van der Waals surface area contributed by atoms with Crippen LogP contribution in [0.25, 0.3) is 22.3 Å². The van der Waals surface area contributed by atoms with Crippen LogP contribution in [0.1, 0.15) is 18.4 Å². The minimum absolute atomic E-state index is 0.504. The van der Waals surface area contributed by atoms with Crippen LogP contribution in [0.5, 0.6) is 0 Å². The van der Waals surface area contributed by atoms with Gasteiger partial charge in [0.1, 0.15) is 5.82 Å². The van der Waals surface area contributed by atoms with Crippen molar-refractivity contribution >= 4 is 16.7 Å². The summed E-state index contributed by atoms with van der Waals surface area (Å²) in [5, 5.41) is 1.16. The van der Waals surface area contributed by atoms with Gasteiger partial charge in [-0.2, -0.15) is 0 Å². The Bertz CT molecular complexity index is 1180. The van der Waals surface area contributed by atoms with Crippen LogP contribution in [0.2, 0.25) is 0 Å². The summed E-state index contributed by atoms with van der Waals surface area (Å²) in [6.07, 6.45) is 2.46. The summed E-state index contributed by atoms with van der Waals surface area (Å²) in [6, 6.07) is 30.6. The van der Waals surface area contributed by atoms with Crippen molar-refractivity contribution in [2.45, 2.75) is 31.5 Å². The van der Waals surface area contributed by atoms with Gasteiger partial charge in [0.15, 0.2) is 5.82 Å². The molecule has 31 heavy (non-hydrogen) atoms. The van der Waals surface area contributed by atoms with Gasteiger partial charge in [-0.3, -0.25) is 4.90 Å². The van der Waals surface area contributed by atoms with Crippen molar-refractivity contribution in [3.05, 3.63) is 90.5 Å². The van der Waals surface area contributed by atoms with Crippen molar-refractivity contribution in [3.63, 3.8) is 0 Å². The molecule has 3 aromatic carbocycles. The fourth-order valence-electron chi connectivity index (χ4n) is 5.28. The topological polar surface area (TPSA) is 32.3 Å². The Labute approximate surface area is 183 Å². The molecule has 0 spiro atoms. The highest BCUT2D eigenvalue weighted by atomic mass is 15.4. The summed E-state index contributed by atoms with van der Waals surface area (Å²) in [5.41, 5.74) is 3.50. The molecular weight excluding hydrogens is 380 g/mol. The molecule has 154 valence electrons. The first-order valence-electron chi connectivity index (χ1n) is 11.2. The standard InChI is InChI=1S/C27H26N4/c1-3-9-20(10-4-1)17-30-18-22-15-16-23(19-30)31(22)27-24-13-7-8-14-25(24)28-26(29-27)21-11-5-2-6-12-21/h1-14,22-23H,15-19H2. The first-order valence-corrected chi connectivity index (χ1v) is 11.2. The number of likely N-dealkylation sites (tertiary alicyclic amines) is 1. The van der Waals surface area contributed by atoms with E-state index < -0.39 is 0 Å². The Morgan fingerprint density at radius 3 is 2.10 bits per heavy atom. The zero-order chi connectivity index (χ0) is 20.6. The minimum atomic E-state index is 0.504. The normalized spacial score (nSPS) is 21.0. The van der Waals surface area contributed by atoms with E-state index in [2.05, 4.69) is 88.7 Å². The van der Waals surface area contributed by atoms with Gasteiger partial charge in [-0.05, 0) is 30.5 Å². The summed E-state index contributed by atoms with van der Waals surface area (Å²) in [4.78, 5) is 15.3. The van der Waals surface area contributed by atoms with E-state index in [1.165, 1.54) is 18.4 Å². The van der Waals surface area contributed by atoms with Gasteiger partial charge in [0.2, 0.25) is 0 Å². The number of fused-ring (bicyclic) bond motifs is 3. The molecule has 0 aliphatic carbocycles. The summed E-state index contributed by atoms with van der Waals surface area (Å²) >= 11 is 0. The number of piperazine rings is 1. The fraction of sp³-hybridized carbons (Fsp3) is 0.259. The third kappa shape index (κ3) is 3.47. The lowest BCUT2D eigenvalue weighted by Gasteiger charge is -2.42. The van der Waals surface area contributed by atoms with Crippen molar-refractivity contribution in [3.8, 4) is 11.4 Å². The number of hydrogen-bond donors (Lipinski definition) is 0. The predicted octanol–water partition coefficient (Wildman–Crippen LogP) is 5.15. The van der Waals surface area contributed by atoms with E-state index in [1.54, 1.807) is 0 Å². The van der Waals surface area contributed by atoms with Crippen molar-refractivity contribution in [2.75, 3.05) is 18.0 Å². The molecule has 0 saturated carbocycles. The highest BCUT2D eigenvalue weighted by molar-refractivity contribution is 5.91. The zero-order valence-electron chi connectivity index (χ0n) is 17.6. The quantitative estimate of drug-likeness (QED) is 0.469. The Kier molecular flexibility index (Phi) is 4.65. The third-order valence-electron chi connectivity index (χ3n) is 6.67. The number of hydrogen-bond acceptors (Lipinski definition) is 4. The van der Waals surface area contributed by atoms with Gasteiger partial charge < -0.3 is 4.90 Å². The molecule has 4 aromatic rings. The van der Waals surface area contributed by atoms with Crippen LogP contribution in [0.3, 0.4) is 0 Å². The Morgan fingerprint density at radius 1 is 0.710 bits per heavy atom. The van der Waals surface area contributed by atoms with Gasteiger partial charge in [0.05, 0.1) is 5.52 Å². The number of anilines is 1. The van der Waals surface area contributed by atoms with E-state index in [0.717, 1.165) is 47.7 Å². The maximum atomic E-state index is 5.14. The molecule has 1 aromatic heterocycles. The number of aromatic nitrogens is 2. The zero-order valence-corrected chi connectivity index (χ0v) is 17.6. The third-order valence-corrected chi connectivity index (χ3v) is 6.67. The van der Waals surface area contributed by atoms with Gasteiger partial charge in [0, 0.05) is 42.7 Å². The molecular formula is C27H26N4. The largest absolute Gasteiger partial charge is 0.347 e. The van der Waals surface area contributed by atoms with Crippen molar-refractivity contribution in [2.24, 2.45) is 0 Å². The van der Waals surface area contributed by atoms with Gasteiger partial charge >= 0.3 is 0 Å². The first-order chi connectivity index (χ1) is 15.3. The van der Waals surface area contributed by atoms with Gasteiger partial charge in [0.25, 0.3) is 0 Å². The average Bonchev–Trinajstić information content (AvgIpc) is 3.09. The molecule has 2 fully saturated rings. The van der Waals surface area contributed by atoms with Crippen molar-refractivity contribution < 1.29 is 0 Å². The minimum Gasteiger partial charge on any atom is -0.347 e. The van der Waals surface area contributed by atoms with E-state index in [1.807, 2.05) is 6.07 Å². The van der Waals surface area contributed by atoms with Crippen LogP contribution in [-0.2, 0) is 6.54 Å². The van der Waals surface area contributed by atoms with Gasteiger partial charge in [-0.1, -0.05) is 72.8 Å². The second-order valence-corrected chi connectivity index (χ2v) is 8.73. The average molecular weight is 407 g/mol. The molecule has 6 rings (SSSR count). The SMILES string of the molecule is c1ccc(CN2CC3CCC(C2)N3c2nc(-c3ccccc3)nc3ccccc23)cc1. The summed E-state index contributed by atoms with van der Waals surface area (Å²) in [6.45, 7) is 3.20. The molecule has 0 amide bonds. The highest BCUT2D eigenvalue weighted by Crippen LogP contribution is 2.38. The lowest BCUT2D eigenvalue weighted by atomic mass is 10.1. The van der Waals surface area contributed by atoms with Crippen LogP contribution in [0.4, 0.5) is 5.82 Å². The molecule has 2 bridgehead atoms. The number of nitrogens with zero attached hydrogens (tertiary/aromatic N) is 4. The maximum Gasteiger partial charge on any atom is 0.162 e. The molecule has 4 heteroatoms. The summed E-state index contributed by atoms with van der Waals surface area (Å²) < 4.78 is 0. The van der Waals surface area contributed by atoms with Crippen LogP contribution in [0, 0.1) is 0 Å². The van der Waals surface area contributed by atoms with Crippen LogP contribution < -0.4 is 4.90 Å². The fourth-order valence-corrected chi connectivity index (χ4v) is 5.28. The second kappa shape index (κ2) is 7.78. The van der Waals surface area contributed by atoms with E-state index in [4.69, 9.17) is 9.97 Å². The summed E-state index contributed by atoms with van der Waals surface area (Å²) in [7, 11) is 0. The number of para-hydroxylation sites is 1. The molecule has 2 saturated heterocycles. The Morgan fingerprint density at radius 2 is 1.35 bits per heavy atom. The molecule has 4 nitrogen and oxygen atoms in total. The first kappa shape index (κ1) is 18.5. The van der Waals surface area contributed by atoms with Gasteiger partial charge in [-0.15, -0.1) is 0 Å². The Hall–Kier alpha value is -3.24. The second-order valence-electron chi connectivity index (χ2n) is 8.73. The van der Waals surface area contributed by atoms with Crippen LogP contribution in [-0.4, -0.2) is 40.0 Å². The maximum absolute atomic E-state index is 5.14. The van der Waals surface area contributed by atoms with E-state index in [-0.39, 0.29) is 0 Å². The molecule has 0 radical (unpaired) electrons. The van der Waals surface area contributed by atoms with Gasteiger partial charge in [-0.25, -0.2) is 9.97 Å². The molecule has 2 unspecified atom stereocenters.